The maximum atomic E-state index is 13.0. The molecule has 2 aliphatic heterocycles. The number of benzene rings is 3. The lowest BCUT2D eigenvalue weighted by atomic mass is 9.87. The monoisotopic (exact) mass is 400 g/mol. The third-order valence-electron chi connectivity index (χ3n) is 6.64. The van der Waals surface area contributed by atoms with Gasteiger partial charge in [-0.05, 0) is 35.4 Å². The van der Waals surface area contributed by atoms with Gasteiger partial charge in [-0.1, -0.05) is 60.7 Å². The molecule has 2 heterocycles. The predicted octanol–water partition coefficient (Wildman–Crippen LogP) is 4.66. The fourth-order valence-corrected chi connectivity index (χ4v) is 4.98. The Hall–Kier alpha value is -2.85. The second kappa shape index (κ2) is 7.77. The Labute approximate surface area is 178 Å². The number of anilines is 1. The zero-order valence-electron chi connectivity index (χ0n) is 17.5. The van der Waals surface area contributed by atoms with Gasteiger partial charge in [-0.25, -0.2) is 0 Å². The first-order valence-electron chi connectivity index (χ1n) is 10.8. The first-order chi connectivity index (χ1) is 14.6. The van der Waals surface area contributed by atoms with Crippen LogP contribution in [0.1, 0.15) is 24.9 Å². The summed E-state index contributed by atoms with van der Waals surface area (Å²) >= 11 is 0. The molecule has 0 N–H and O–H groups in total. The quantitative estimate of drug-likeness (QED) is 0.641. The third-order valence-corrected chi connectivity index (χ3v) is 6.64. The smallest absolute Gasteiger partial charge is 0.223 e. The van der Waals surface area contributed by atoms with Crippen molar-refractivity contribution in [2.24, 2.45) is 5.41 Å². The standard InChI is InChI=1S/C26H28N2O2/c1-20(21-7-3-2-4-8-21)28-18-26(16-25(28)29)17-27(13-14-30-19-26)24-12-11-22-9-5-6-10-23(22)15-24/h2-12,15,20H,13-14,16-19H2,1H3/t20-,26-/m0/s1. The summed E-state index contributed by atoms with van der Waals surface area (Å²) in [6.07, 6.45) is 0.550. The summed E-state index contributed by atoms with van der Waals surface area (Å²) in [5, 5.41) is 2.50. The van der Waals surface area contributed by atoms with E-state index in [0.717, 1.165) is 19.6 Å². The molecule has 2 aliphatic rings. The molecule has 3 aromatic carbocycles. The molecule has 0 aliphatic carbocycles. The van der Waals surface area contributed by atoms with Crippen LogP contribution in [0, 0.1) is 5.41 Å². The minimum atomic E-state index is -0.164. The molecule has 2 fully saturated rings. The summed E-state index contributed by atoms with van der Waals surface area (Å²) in [5.41, 5.74) is 2.23. The Morgan fingerprint density at radius 2 is 1.70 bits per heavy atom. The zero-order chi connectivity index (χ0) is 20.6. The molecule has 2 atom stereocenters. The van der Waals surface area contributed by atoms with Crippen molar-refractivity contribution in [3.63, 3.8) is 0 Å². The highest BCUT2D eigenvalue weighted by Crippen LogP contribution is 2.39. The number of fused-ring (bicyclic) bond motifs is 1. The number of carbonyl (C=O) groups excluding carboxylic acids is 1. The van der Waals surface area contributed by atoms with Gasteiger partial charge in [0.05, 0.1) is 19.3 Å². The van der Waals surface area contributed by atoms with E-state index in [-0.39, 0.29) is 17.4 Å². The maximum Gasteiger partial charge on any atom is 0.223 e. The first-order valence-corrected chi connectivity index (χ1v) is 10.8. The SMILES string of the molecule is C[C@@H](c1ccccc1)N1C[C@]2(COCCN(c3ccc4ccccc4c3)C2)CC1=O. The summed E-state index contributed by atoms with van der Waals surface area (Å²) in [5.74, 6) is 0.232. The fourth-order valence-electron chi connectivity index (χ4n) is 4.98. The number of amides is 1. The first kappa shape index (κ1) is 19.1. The van der Waals surface area contributed by atoms with Crippen molar-refractivity contribution in [2.45, 2.75) is 19.4 Å². The topological polar surface area (TPSA) is 32.8 Å². The van der Waals surface area contributed by atoms with E-state index in [2.05, 4.69) is 66.4 Å². The number of ether oxygens (including phenoxy) is 1. The number of likely N-dealkylation sites (tertiary alicyclic amines) is 1. The van der Waals surface area contributed by atoms with Gasteiger partial charge in [-0.2, -0.15) is 0 Å². The summed E-state index contributed by atoms with van der Waals surface area (Å²) in [6, 6.07) is 25.5. The lowest BCUT2D eigenvalue weighted by Crippen LogP contribution is -2.41. The zero-order valence-corrected chi connectivity index (χ0v) is 17.5. The Bertz CT molecular complexity index is 1050. The third kappa shape index (κ3) is 3.56. The Morgan fingerprint density at radius 1 is 0.933 bits per heavy atom. The van der Waals surface area contributed by atoms with Crippen LogP contribution in [-0.4, -0.2) is 43.7 Å². The van der Waals surface area contributed by atoms with Crippen molar-refractivity contribution < 1.29 is 9.53 Å². The van der Waals surface area contributed by atoms with Crippen LogP contribution in [-0.2, 0) is 9.53 Å². The van der Waals surface area contributed by atoms with Crippen LogP contribution in [0.5, 0.6) is 0 Å². The summed E-state index contributed by atoms with van der Waals surface area (Å²) in [7, 11) is 0. The lowest BCUT2D eigenvalue weighted by molar-refractivity contribution is -0.129. The molecule has 0 bridgehead atoms. The minimum absolute atomic E-state index is 0.0791. The number of carbonyl (C=O) groups is 1. The molecule has 5 rings (SSSR count). The molecule has 4 heteroatoms. The largest absolute Gasteiger partial charge is 0.379 e. The van der Waals surface area contributed by atoms with Crippen molar-refractivity contribution in [3.05, 3.63) is 78.4 Å². The van der Waals surface area contributed by atoms with Gasteiger partial charge in [0.15, 0.2) is 0 Å². The second-order valence-corrected chi connectivity index (χ2v) is 8.79. The molecule has 1 spiro atoms. The van der Waals surface area contributed by atoms with Crippen molar-refractivity contribution >= 4 is 22.4 Å². The minimum Gasteiger partial charge on any atom is -0.379 e. The van der Waals surface area contributed by atoms with E-state index in [1.165, 1.54) is 22.0 Å². The Morgan fingerprint density at radius 3 is 2.53 bits per heavy atom. The molecule has 0 aromatic heterocycles. The van der Waals surface area contributed by atoms with E-state index in [9.17, 15) is 4.79 Å². The maximum absolute atomic E-state index is 13.0. The summed E-state index contributed by atoms with van der Waals surface area (Å²) in [6.45, 7) is 5.90. The molecule has 30 heavy (non-hydrogen) atoms. The van der Waals surface area contributed by atoms with E-state index >= 15 is 0 Å². The normalized spacial score (nSPS) is 23.2. The molecule has 0 radical (unpaired) electrons. The number of nitrogens with zero attached hydrogens (tertiary/aromatic N) is 2. The van der Waals surface area contributed by atoms with Crippen molar-refractivity contribution in [1.29, 1.82) is 0 Å². The average molecular weight is 401 g/mol. The van der Waals surface area contributed by atoms with Gasteiger partial charge in [0, 0.05) is 37.2 Å². The highest BCUT2D eigenvalue weighted by atomic mass is 16.5. The van der Waals surface area contributed by atoms with Gasteiger partial charge < -0.3 is 14.5 Å². The van der Waals surface area contributed by atoms with Crippen LogP contribution in [0.3, 0.4) is 0 Å². The highest BCUT2D eigenvalue weighted by molar-refractivity contribution is 5.86. The number of hydrogen-bond donors (Lipinski definition) is 0. The summed E-state index contributed by atoms with van der Waals surface area (Å²) < 4.78 is 6.03. The average Bonchev–Trinajstić information content (AvgIpc) is 2.97. The van der Waals surface area contributed by atoms with E-state index in [1.807, 2.05) is 23.1 Å². The van der Waals surface area contributed by atoms with Gasteiger partial charge in [-0.3, -0.25) is 4.79 Å². The van der Waals surface area contributed by atoms with Crippen LogP contribution in [0.2, 0.25) is 0 Å². The van der Waals surface area contributed by atoms with Crippen LogP contribution < -0.4 is 4.90 Å². The van der Waals surface area contributed by atoms with Crippen molar-refractivity contribution in [1.82, 2.24) is 4.90 Å². The molecular formula is C26H28N2O2. The molecule has 3 aromatic rings. The van der Waals surface area contributed by atoms with E-state index < -0.39 is 0 Å². The van der Waals surface area contributed by atoms with Gasteiger partial charge in [-0.15, -0.1) is 0 Å². The van der Waals surface area contributed by atoms with Crippen LogP contribution >= 0.6 is 0 Å². The molecule has 4 nitrogen and oxygen atoms in total. The summed E-state index contributed by atoms with van der Waals surface area (Å²) in [4.78, 5) is 17.5. The molecule has 2 saturated heterocycles. The van der Waals surface area contributed by atoms with Crippen molar-refractivity contribution in [2.75, 3.05) is 37.7 Å². The van der Waals surface area contributed by atoms with Crippen LogP contribution in [0.15, 0.2) is 72.8 Å². The number of rotatable bonds is 3. The van der Waals surface area contributed by atoms with Gasteiger partial charge >= 0.3 is 0 Å². The fraction of sp³-hybridized carbons (Fsp3) is 0.346. The molecule has 0 saturated carbocycles. The van der Waals surface area contributed by atoms with Crippen molar-refractivity contribution in [3.8, 4) is 0 Å². The van der Waals surface area contributed by atoms with Gasteiger partial charge in [0.25, 0.3) is 0 Å². The van der Waals surface area contributed by atoms with Crippen LogP contribution in [0.25, 0.3) is 10.8 Å². The van der Waals surface area contributed by atoms with Gasteiger partial charge in [0.2, 0.25) is 5.91 Å². The Kier molecular flexibility index (Phi) is 4.95. The molecule has 154 valence electrons. The molecule has 0 unspecified atom stereocenters. The predicted molar refractivity (Wildman–Crippen MR) is 121 cm³/mol. The lowest BCUT2D eigenvalue weighted by Gasteiger charge is -2.34. The highest BCUT2D eigenvalue weighted by Gasteiger charge is 2.47. The molecule has 1 amide bonds. The van der Waals surface area contributed by atoms with E-state index in [4.69, 9.17) is 4.74 Å². The second-order valence-electron chi connectivity index (χ2n) is 8.79. The van der Waals surface area contributed by atoms with Gasteiger partial charge in [0.1, 0.15) is 0 Å². The Balaban J connectivity index is 1.40. The number of hydrogen-bond acceptors (Lipinski definition) is 3. The van der Waals surface area contributed by atoms with E-state index in [1.54, 1.807) is 0 Å². The molecular weight excluding hydrogens is 372 g/mol. The van der Waals surface area contributed by atoms with E-state index in [0.29, 0.717) is 19.6 Å². The van der Waals surface area contributed by atoms with Crippen LogP contribution in [0.4, 0.5) is 5.69 Å².